The van der Waals surface area contributed by atoms with E-state index < -0.39 is 0 Å². The molecule has 3 N–H and O–H groups in total. The van der Waals surface area contributed by atoms with Crippen molar-refractivity contribution in [1.82, 2.24) is 9.97 Å². The second-order valence-corrected chi connectivity index (χ2v) is 5.99. The molecule has 0 amide bonds. The molecule has 2 heterocycles. The first-order valence-corrected chi connectivity index (χ1v) is 7.65. The maximum atomic E-state index is 12.1. The van der Waals surface area contributed by atoms with Gasteiger partial charge < -0.3 is 15.3 Å². The zero-order valence-corrected chi connectivity index (χ0v) is 13.6. The van der Waals surface area contributed by atoms with Crippen LogP contribution in [0.4, 0.5) is 5.69 Å². The highest BCUT2D eigenvalue weighted by Gasteiger charge is 2.06. The Labute approximate surface area is 138 Å². The number of pyridine rings is 2. The lowest BCUT2D eigenvalue weighted by Crippen LogP contribution is -2.19. The minimum absolute atomic E-state index is 0.235. The van der Waals surface area contributed by atoms with Crippen molar-refractivity contribution < 1.29 is 0 Å². The van der Waals surface area contributed by atoms with Crippen molar-refractivity contribution in [2.75, 3.05) is 5.32 Å². The third-order valence-electron chi connectivity index (χ3n) is 3.25. The second kappa shape index (κ2) is 5.98. The van der Waals surface area contributed by atoms with Gasteiger partial charge in [-0.2, -0.15) is 0 Å². The van der Waals surface area contributed by atoms with Crippen molar-refractivity contribution in [1.29, 1.82) is 0 Å². The third-order valence-corrected chi connectivity index (χ3v) is 4.03. The number of para-hydroxylation sites is 1. The number of rotatable bonds is 3. The molecule has 112 valence electrons. The SMILES string of the molecule is O=c1[nH]c2c(Cl)cccc2cc1CNc1ccc(Br)[nH]c1=O. The molecule has 0 fully saturated rings. The summed E-state index contributed by atoms with van der Waals surface area (Å²) in [5.74, 6) is 0. The number of anilines is 1. The van der Waals surface area contributed by atoms with Gasteiger partial charge in [-0.3, -0.25) is 9.59 Å². The molecule has 0 saturated heterocycles. The molecule has 0 aliphatic heterocycles. The monoisotopic (exact) mass is 379 g/mol. The number of aromatic amines is 2. The van der Waals surface area contributed by atoms with Gasteiger partial charge in [0, 0.05) is 17.5 Å². The Hall–Kier alpha value is -2.05. The van der Waals surface area contributed by atoms with E-state index in [4.69, 9.17) is 11.6 Å². The zero-order valence-electron chi connectivity index (χ0n) is 11.2. The number of benzene rings is 1. The van der Waals surface area contributed by atoms with Gasteiger partial charge in [-0.25, -0.2) is 0 Å². The first kappa shape index (κ1) is 14.9. The van der Waals surface area contributed by atoms with Gasteiger partial charge in [-0.15, -0.1) is 0 Å². The molecular formula is C15H11BrClN3O2. The van der Waals surface area contributed by atoms with Crippen LogP contribution in [0, 0.1) is 0 Å². The van der Waals surface area contributed by atoms with Crippen LogP contribution in [-0.4, -0.2) is 9.97 Å². The Morgan fingerprint density at radius 2 is 1.91 bits per heavy atom. The van der Waals surface area contributed by atoms with Crippen molar-refractivity contribution in [2.24, 2.45) is 0 Å². The van der Waals surface area contributed by atoms with E-state index in [-0.39, 0.29) is 17.7 Å². The normalized spacial score (nSPS) is 10.8. The summed E-state index contributed by atoms with van der Waals surface area (Å²) in [5.41, 5.74) is 1.04. The molecule has 0 spiro atoms. The second-order valence-electron chi connectivity index (χ2n) is 4.73. The topological polar surface area (TPSA) is 77.8 Å². The molecule has 0 unspecified atom stereocenters. The number of aromatic nitrogens is 2. The predicted octanol–water partition coefficient (Wildman–Crippen LogP) is 3.24. The predicted molar refractivity (Wildman–Crippen MR) is 91.7 cm³/mol. The van der Waals surface area contributed by atoms with Gasteiger partial charge in [-0.1, -0.05) is 23.7 Å². The molecule has 0 bridgehead atoms. The Morgan fingerprint density at radius 1 is 1.09 bits per heavy atom. The molecule has 3 rings (SSSR count). The number of H-pyrrole nitrogens is 2. The zero-order chi connectivity index (χ0) is 15.7. The van der Waals surface area contributed by atoms with E-state index in [0.717, 1.165) is 5.39 Å². The fourth-order valence-electron chi connectivity index (χ4n) is 2.15. The van der Waals surface area contributed by atoms with Crippen LogP contribution in [0.3, 0.4) is 0 Å². The summed E-state index contributed by atoms with van der Waals surface area (Å²) in [4.78, 5) is 29.2. The summed E-state index contributed by atoms with van der Waals surface area (Å²) in [5, 5.41) is 4.30. The van der Waals surface area contributed by atoms with Crippen molar-refractivity contribution in [3.05, 3.63) is 72.3 Å². The van der Waals surface area contributed by atoms with Crippen LogP contribution in [0.5, 0.6) is 0 Å². The van der Waals surface area contributed by atoms with Gasteiger partial charge >= 0.3 is 0 Å². The quantitative estimate of drug-likeness (QED) is 0.610. The summed E-state index contributed by atoms with van der Waals surface area (Å²) in [6.07, 6.45) is 0. The van der Waals surface area contributed by atoms with Gasteiger partial charge in [0.1, 0.15) is 5.69 Å². The maximum Gasteiger partial charge on any atom is 0.272 e. The highest BCUT2D eigenvalue weighted by Crippen LogP contribution is 2.20. The molecule has 0 aliphatic rings. The highest BCUT2D eigenvalue weighted by molar-refractivity contribution is 9.10. The lowest BCUT2D eigenvalue weighted by Gasteiger charge is -2.07. The molecular weight excluding hydrogens is 370 g/mol. The lowest BCUT2D eigenvalue weighted by molar-refractivity contribution is 1.07. The summed E-state index contributed by atoms with van der Waals surface area (Å²) in [7, 11) is 0. The van der Waals surface area contributed by atoms with Gasteiger partial charge in [0.25, 0.3) is 11.1 Å². The van der Waals surface area contributed by atoms with Crippen LogP contribution in [0.2, 0.25) is 5.02 Å². The molecule has 0 aliphatic carbocycles. The van der Waals surface area contributed by atoms with Gasteiger partial charge in [-0.05, 0) is 40.2 Å². The van der Waals surface area contributed by atoms with E-state index in [2.05, 4.69) is 31.2 Å². The number of fused-ring (bicyclic) bond motifs is 1. The first-order chi connectivity index (χ1) is 10.5. The Bertz CT molecular complexity index is 965. The van der Waals surface area contributed by atoms with Crippen molar-refractivity contribution in [2.45, 2.75) is 6.54 Å². The third kappa shape index (κ3) is 2.93. The number of hydrogen-bond donors (Lipinski definition) is 3. The smallest absolute Gasteiger partial charge is 0.272 e. The van der Waals surface area contributed by atoms with Crippen molar-refractivity contribution in [3.63, 3.8) is 0 Å². The van der Waals surface area contributed by atoms with Crippen LogP contribution in [0.25, 0.3) is 10.9 Å². The van der Waals surface area contributed by atoms with Crippen LogP contribution >= 0.6 is 27.5 Å². The maximum absolute atomic E-state index is 12.1. The average molecular weight is 381 g/mol. The molecule has 22 heavy (non-hydrogen) atoms. The van der Waals surface area contributed by atoms with Crippen molar-refractivity contribution >= 4 is 44.1 Å². The van der Waals surface area contributed by atoms with E-state index >= 15 is 0 Å². The van der Waals surface area contributed by atoms with E-state index in [1.54, 1.807) is 24.3 Å². The molecule has 0 saturated carbocycles. The van der Waals surface area contributed by atoms with Crippen LogP contribution in [-0.2, 0) is 6.54 Å². The molecule has 2 aromatic heterocycles. The Morgan fingerprint density at radius 3 is 2.68 bits per heavy atom. The van der Waals surface area contributed by atoms with E-state index in [9.17, 15) is 9.59 Å². The summed E-state index contributed by atoms with van der Waals surface area (Å²) < 4.78 is 0.598. The van der Waals surface area contributed by atoms with Crippen LogP contribution in [0.1, 0.15) is 5.56 Å². The minimum Gasteiger partial charge on any atom is -0.376 e. The first-order valence-electron chi connectivity index (χ1n) is 6.48. The minimum atomic E-state index is -0.255. The number of halogens is 2. The van der Waals surface area contributed by atoms with Gasteiger partial charge in [0.15, 0.2) is 0 Å². The summed E-state index contributed by atoms with van der Waals surface area (Å²) in [6.45, 7) is 0.239. The average Bonchev–Trinajstić information content (AvgIpc) is 2.48. The summed E-state index contributed by atoms with van der Waals surface area (Å²) in [6, 6.07) is 10.5. The van der Waals surface area contributed by atoms with Gasteiger partial charge in [0.2, 0.25) is 0 Å². The largest absolute Gasteiger partial charge is 0.376 e. The van der Waals surface area contributed by atoms with E-state index in [0.29, 0.717) is 26.4 Å². The van der Waals surface area contributed by atoms with Gasteiger partial charge in [0.05, 0.1) is 15.1 Å². The fraction of sp³-hybridized carbons (Fsp3) is 0.0667. The lowest BCUT2D eigenvalue weighted by atomic mass is 10.1. The Balaban J connectivity index is 1.92. The van der Waals surface area contributed by atoms with Crippen molar-refractivity contribution in [3.8, 4) is 0 Å². The fourth-order valence-corrected chi connectivity index (χ4v) is 2.69. The summed E-state index contributed by atoms with van der Waals surface area (Å²) >= 11 is 9.24. The molecule has 7 heteroatoms. The van der Waals surface area contributed by atoms with E-state index in [1.807, 2.05) is 12.1 Å². The van der Waals surface area contributed by atoms with Crippen LogP contribution < -0.4 is 16.4 Å². The van der Waals surface area contributed by atoms with Crippen LogP contribution in [0.15, 0.2) is 50.6 Å². The standard InChI is InChI=1S/C15H11BrClN3O2/c16-12-5-4-11(15(22)19-12)18-7-9-6-8-2-1-3-10(17)13(8)20-14(9)21/h1-6,18H,7H2,(H,19,22)(H,20,21). The number of nitrogens with one attached hydrogen (secondary N) is 3. The molecule has 5 nitrogen and oxygen atoms in total. The molecule has 0 radical (unpaired) electrons. The van der Waals surface area contributed by atoms with E-state index in [1.165, 1.54) is 0 Å². The molecule has 0 atom stereocenters. The highest BCUT2D eigenvalue weighted by atomic mass is 79.9. The molecule has 1 aromatic carbocycles. The number of hydrogen-bond acceptors (Lipinski definition) is 3. The molecule has 3 aromatic rings. The Kier molecular flexibility index (Phi) is 4.04.